The number of benzene rings is 1. The van der Waals surface area contributed by atoms with Gasteiger partial charge in [0.2, 0.25) is 5.28 Å². The number of halogens is 2. The van der Waals surface area contributed by atoms with Crippen LogP contribution in [0.4, 0.5) is 0 Å². The summed E-state index contributed by atoms with van der Waals surface area (Å²) in [5.74, 6) is 0. The molecule has 0 aliphatic rings. The topological polar surface area (TPSA) is 41.6 Å². The lowest BCUT2D eigenvalue weighted by molar-refractivity contribution is 1.17. The first-order valence-electron chi connectivity index (χ1n) is 5.00. The molecule has 2 aromatic heterocycles. The first-order chi connectivity index (χ1) is 8.25. The quantitative estimate of drug-likeness (QED) is 0.689. The Morgan fingerprint density at radius 1 is 1.24 bits per heavy atom. The van der Waals surface area contributed by atoms with Gasteiger partial charge in [-0.25, -0.2) is 9.97 Å². The van der Waals surface area contributed by atoms with Crippen molar-refractivity contribution in [1.82, 2.24) is 15.0 Å². The minimum atomic E-state index is 0.254. The van der Waals surface area contributed by atoms with Gasteiger partial charge in [-0.05, 0) is 29.8 Å². The molecule has 84 valence electrons. The third-order valence-corrected chi connectivity index (χ3v) is 3.40. The molecule has 0 radical (unpaired) electrons. The largest absolute Gasteiger partial charge is 0.360 e. The van der Waals surface area contributed by atoms with E-state index in [0.29, 0.717) is 0 Å². The number of H-pyrrole nitrogens is 1. The molecular weight excluding hydrogens is 302 g/mol. The summed E-state index contributed by atoms with van der Waals surface area (Å²) in [5.41, 5.74) is 2.88. The number of aromatic amines is 1. The van der Waals surface area contributed by atoms with Gasteiger partial charge in [0.1, 0.15) is 0 Å². The van der Waals surface area contributed by atoms with Gasteiger partial charge in [0, 0.05) is 33.3 Å². The highest BCUT2D eigenvalue weighted by molar-refractivity contribution is 9.10. The van der Waals surface area contributed by atoms with Crippen LogP contribution in [0.2, 0.25) is 5.28 Å². The molecule has 0 atom stereocenters. The Kier molecular flexibility index (Phi) is 2.61. The Morgan fingerprint density at radius 3 is 2.94 bits per heavy atom. The Balaban J connectivity index is 2.31. The summed E-state index contributed by atoms with van der Waals surface area (Å²) in [4.78, 5) is 11.3. The number of rotatable bonds is 1. The highest BCUT2D eigenvalue weighted by atomic mass is 79.9. The van der Waals surface area contributed by atoms with Crippen molar-refractivity contribution in [2.24, 2.45) is 0 Å². The van der Waals surface area contributed by atoms with Crippen molar-refractivity contribution in [3.63, 3.8) is 0 Å². The molecule has 0 aliphatic heterocycles. The second-order valence-electron chi connectivity index (χ2n) is 3.58. The molecule has 2 heterocycles. The SMILES string of the molecule is Clc1nccc(-c2c[nH]c3cccc(Br)c23)n1. The van der Waals surface area contributed by atoms with Crippen LogP contribution < -0.4 is 0 Å². The van der Waals surface area contributed by atoms with Crippen molar-refractivity contribution in [1.29, 1.82) is 0 Å². The van der Waals surface area contributed by atoms with Crippen LogP contribution in [0.15, 0.2) is 41.1 Å². The molecule has 5 heteroatoms. The fourth-order valence-corrected chi connectivity index (χ4v) is 2.55. The average molecular weight is 309 g/mol. The van der Waals surface area contributed by atoms with Crippen LogP contribution in [-0.4, -0.2) is 15.0 Å². The molecule has 0 aliphatic carbocycles. The fourth-order valence-electron chi connectivity index (χ4n) is 1.83. The van der Waals surface area contributed by atoms with Crippen LogP contribution in [0.5, 0.6) is 0 Å². The van der Waals surface area contributed by atoms with E-state index in [1.807, 2.05) is 30.5 Å². The lowest BCUT2D eigenvalue weighted by Crippen LogP contribution is -1.85. The van der Waals surface area contributed by atoms with Crippen molar-refractivity contribution in [3.05, 3.63) is 46.4 Å². The van der Waals surface area contributed by atoms with Gasteiger partial charge in [0.25, 0.3) is 0 Å². The van der Waals surface area contributed by atoms with E-state index in [-0.39, 0.29) is 5.28 Å². The Morgan fingerprint density at radius 2 is 2.12 bits per heavy atom. The maximum Gasteiger partial charge on any atom is 0.222 e. The number of nitrogens with zero attached hydrogens (tertiary/aromatic N) is 2. The van der Waals surface area contributed by atoms with E-state index in [9.17, 15) is 0 Å². The van der Waals surface area contributed by atoms with Gasteiger partial charge in [-0.1, -0.05) is 22.0 Å². The van der Waals surface area contributed by atoms with E-state index in [1.165, 1.54) is 0 Å². The molecule has 0 saturated heterocycles. The zero-order chi connectivity index (χ0) is 11.8. The molecule has 1 aromatic carbocycles. The number of aromatic nitrogens is 3. The molecule has 3 aromatic rings. The normalized spacial score (nSPS) is 10.9. The van der Waals surface area contributed by atoms with Gasteiger partial charge in [0.15, 0.2) is 0 Å². The van der Waals surface area contributed by atoms with Gasteiger partial charge in [-0.3, -0.25) is 0 Å². The molecule has 0 amide bonds. The summed E-state index contributed by atoms with van der Waals surface area (Å²) < 4.78 is 1.03. The summed E-state index contributed by atoms with van der Waals surface area (Å²) in [6.07, 6.45) is 3.58. The summed E-state index contributed by atoms with van der Waals surface area (Å²) in [6, 6.07) is 7.85. The zero-order valence-electron chi connectivity index (χ0n) is 8.61. The van der Waals surface area contributed by atoms with Gasteiger partial charge in [-0.15, -0.1) is 0 Å². The van der Waals surface area contributed by atoms with Gasteiger partial charge >= 0.3 is 0 Å². The van der Waals surface area contributed by atoms with Crippen LogP contribution in [0.25, 0.3) is 22.2 Å². The lowest BCUT2D eigenvalue weighted by atomic mass is 10.1. The van der Waals surface area contributed by atoms with Crippen LogP contribution >= 0.6 is 27.5 Å². The fraction of sp³-hybridized carbons (Fsp3) is 0. The van der Waals surface area contributed by atoms with Gasteiger partial charge < -0.3 is 4.98 Å². The second kappa shape index (κ2) is 4.13. The monoisotopic (exact) mass is 307 g/mol. The number of fused-ring (bicyclic) bond motifs is 1. The maximum absolute atomic E-state index is 5.81. The van der Waals surface area contributed by atoms with E-state index >= 15 is 0 Å². The Labute approximate surface area is 111 Å². The number of hydrogen-bond donors (Lipinski definition) is 1. The molecule has 0 spiro atoms. The molecule has 1 N–H and O–H groups in total. The van der Waals surface area contributed by atoms with E-state index < -0.39 is 0 Å². The Bertz CT molecular complexity index is 693. The van der Waals surface area contributed by atoms with Crippen molar-refractivity contribution < 1.29 is 0 Å². The van der Waals surface area contributed by atoms with Crippen molar-refractivity contribution in [3.8, 4) is 11.3 Å². The maximum atomic E-state index is 5.81. The van der Waals surface area contributed by atoms with Crippen LogP contribution in [0.3, 0.4) is 0 Å². The molecule has 0 fully saturated rings. The summed E-state index contributed by atoms with van der Waals surface area (Å²) >= 11 is 9.35. The van der Waals surface area contributed by atoms with Crippen molar-refractivity contribution in [2.45, 2.75) is 0 Å². The summed E-state index contributed by atoms with van der Waals surface area (Å²) in [5, 5.41) is 1.35. The third-order valence-electron chi connectivity index (χ3n) is 2.56. The summed E-state index contributed by atoms with van der Waals surface area (Å²) in [6.45, 7) is 0. The molecule has 0 saturated carbocycles. The average Bonchev–Trinajstić information content (AvgIpc) is 2.74. The van der Waals surface area contributed by atoms with Gasteiger partial charge in [-0.2, -0.15) is 0 Å². The van der Waals surface area contributed by atoms with Crippen molar-refractivity contribution >= 4 is 38.4 Å². The number of hydrogen-bond acceptors (Lipinski definition) is 2. The van der Waals surface area contributed by atoms with Gasteiger partial charge in [0.05, 0.1) is 5.69 Å². The lowest BCUT2D eigenvalue weighted by Gasteiger charge is -2.00. The molecule has 3 nitrogen and oxygen atoms in total. The van der Waals surface area contributed by atoms with E-state index in [0.717, 1.165) is 26.6 Å². The highest BCUT2D eigenvalue weighted by Crippen LogP contribution is 2.32. The van der Waals surface area contributed by atoms with Crippen LogP contribution in [0.1, 0.15) is 0 Å². The predicted octanol–water partition coefficient (Wildman–Crippen LogP) is 4.04. The standard InChI is InChI=1S/C12H7BrClN3/c13-8-2-1-3-10-11(8)7(6-16-10)9-4-5-15-12(14)17-9/h1-6,16H. The highest BCUT2D eigenvalue weighted by Gasteiger charge is 2.10. The van der Waals surface area contributed by atoms with Crippen molar-refractivity contribution in [2.75, 3.05) is 0 Å². The minimum Gasteiger partial charge on any atom is -0.360 e. The second-order valence-corrected chi connectivity index (χ2v) is 4.77. The summed E-state index contributed by atoms with van der Waals surface area (Å²) in [7, 11) is 0. The number of nitrogens with one attached hydrogen (secondary N) is 1. The third kappa shape index (κ3) is 1.83. The van der Waals surface area contributed by atoms with Crippen LogP contribution in [-0.2, 0) is 0 Å². The smallest absolute Gasteiger partial charge is 0.222 e. The van der Waals surface area contributed by atoms with E-state index in [1.54, 1.807) is 6.20 Å². The zero-order valence-corrected chi connectivity index (χ0v) is 11.0. The first-order valence-corrected chi connectivity index (χ1v) is 6.17. The predicted molar refractivity (Wildman–Crippen MR) is 72.0 cm³/mol. The molecular formula is C12H7BrClN3. The minimum absolute atomic E-state index is 0.254. The van der Waals surface area contributed by atoms with E-state index in [4.69, 9.17) is 11.6 Å². The molecule has 3 rings (SSSR count). The van der Waals surface area contributed by atoms with E-state index in [2.05, 4.69) is 30.9 Å². The Hall–Kier alpha value is -1.39. The first kappa shape index (κ1) is 10.7. The molecule has 17 heavy (non-hydrogen) atoms. The molecule has 0 bridgehead atoms. The van der Waals surface area contributed by atoms with Crippen LogP contribution in [0, 0.1) is 0 Å². The molecule has 0 unspecified atom stereocenters.